The lowest BCUT2D eigenvalue weighted by Gasteiger charge is -2.29. The van der Waals surface area contributed by atoms with Crippen molar-refractivity contribution < 1.29 is 0 Å². The highest BCUT2D eigenvalue weighted by Gasteiger charge is 2.20. The van der Waals surface area contributed by atoms with Crippen LogP contribution < -0.4 is 5.32 Å². The molecule has 1 aliphatic rings. The minimum atomic E-state index is 0.573. The quantitative estimate of drug-likeness (QED) is 0.840. The van der Waals surface area contributed by atoms with Crippen molar-refractivity contribution in [2.24, 2.45) is 5.92 Å². The lowest BCUT2D eigenvalue weighted by atomic mass is 9.81. The molecule has 16 heavy (non-hydrogen) atoms. The van der Waals surface area contributed by atoms with Gasteiger partial charge >= 0.3 is 0 Å². The van der Waals surface area contributed by atoms with E-state index in [-0.39, 0.29) is 0 Å². The third-order valence-corrected chi connectivity index (χ3v) is 4.56. The second kappa shape index (κ2) is 5.22. The zero-order valence-corrected chi connectivity index (χ0v) is 11.7. The molecule has 0 heterocycles. The maximum Gasteiger partial charge on any atom is 0.0489 e. The van der Waals surface area contributed by atoms with Crippen LogP contribution in [0.5, 0.6) is 0 Å². The van der Waals surface area contributed by atoms with E-state index >= 15 is 0 Å². The van der Waals surface area contributed by atoms with Crippen LogP contribution >= 0.6 is 15.9 Å². The van der Waals surface area contributed by atoms with Crippen molar-refractivity contribution in [1.29, 1.82) is 0 Å². The molecule has 1 fully saturated rings. The molecule has 1 aromatic rings. The summed E-state index contributed by atoms with van der Waals surface area (Å²) in [5, 5.41) is 3.60. The van der Waals surface area contributed by atoms with Gasteiger partial charge < -0.3 is 5.32 Å². The lowest BCUT2D eigenvalue weighted by Crippen LogP contribution is -2.23. The average molecular weight is 282 g/mol. The Kier molecular flexibility index (Phi) is 3.91. The first-order valence-corrected chi connectivity index (χ1v) is 6.98. The van der Waals surface area contributed by atoms with E-state index in [9.17, 15) is 0 Å². The molecule has 0 aromatic heterocycles. The second-order valence-corrected chi connectivity index (χ2v) is 5.81. The van der Waals surface area contributed by atoms with Gasteiger partial charge in [-0.2, -0.15) is 0 Å². The molecular formula is C14H20BrN. The summed E-state index contributed by atoms with van der Waals surface area (Å²) in [4.78, 5) is 0. The molecule has 2 heteroatoms. The van der Waals surface area contributed by atoms with Crippen molar-refractivity contribution in [3.8, 4) is 0 Å². The first-order chi connectivity index (χ1) is 7.66. The average Bonchev–Trinajstić information content (AvgIpc) is 2.19. The maximum absolute atomic E-state index is 3.64. The van der Waals surface area contributed by atoms with Crippen molar-refractivity contribution in [3.63, 3.8) is 0 Å². The Balaban J connectivity index is 1.94. The van der Waals surface area contributed by atoms with Crippen LogP contribution in [0.15, 0.2) is 22.7 Å². The minimum absolute atomic E-state index is 0.573. The van der Waals surface area contributed by atoms with Gasteiger partial charge in [0.25, 0.3) is 0 Å². The zero-order chi connectivity index (χ0) is 11.5. The molecule has 0 spiro atoms. The molecule has 1 nitrogen and oxygen atoms in total. The maximum atomic E-state index is 3.64. The Morgan fingerprint density at radius 2 is 2.19 bits per heavy atom. The zero-order valence-electron chi connectivity index (χ0n) is 10.1. The number of aryl methyl sites for hydroxylation is 1. The molecule has 1 N–H and O–H groups in total. The number of hydrogen-bond donors (Lipinski definition) is 1. The first-order valence-electron chi connectivity index (χ1n) is 6.18. The van der Waals surface area contributed by atoms with Crippen molar-refractivity contribution in [1.82, 2.24) is 0 Å². The molecule has 0 amide bonds. The molecule has 1 aliphatic carbocycles. The van der Waals surface area contributed by atoms with Crippen LogP contribution in [0.2, 0.25) is 0 Å². The number of halogens is 1. The predicted molar refractivity (Wildman–Crippen MR) is 73.9 cm³/mol. The summed E-state index contributed by atoms with van der Waals surface area (Å²) < 4.78 is 1.20. The standard InChI is InChI=1S/C14H20BrN/c1-10-5-3-8-13(14(10)15)16-11(2)9-12-6-4-7-12/h3,5,8,11-12,16H,4,6-7,9H2,1-2H3. The monoisotopic (exact) mass is 281 g/mol. The Morgan fingerprint density at radius 1 is 1.44 bits per heavy atom. The van der Waals surface area contributed by atoms with E-state index in [2.05, 4.69) is 53.3 Å². The van der Waals surface area contributed by atoms with E-state index < -0.39 is 0 Å². The van der Waals surface area contributed by atoms with E-state index in [0.717, 1.165) is 5.92 Å². The van der Waals surface area contributed by atoms with Gasteiger partial charge in [0.05, 0.1) is 0 Å². The van der Waals surface area contributed by atoms with Gasteiger partial charge in [0.1, 0.15) is 0 Å². The van der Waals surface area contributed by atoms with Gasteiger partial charge in [-0.15, -0.1) is 0 Å². The van der Waals surface area contributed by atoms with Gasteiger partial charge in [0.15, 0.2) is 0 Å². The number of hydrogen-bond acceptors (Lipinski definition) is 1. The Morgan fingerprint density at radius 3 is 2.81 bits per heavy atom. The topological polar surface area (TPSA) is 12.0 Å². The van der Waals surface area contributed by atoms with E-state index in [1.807, 2.05) is 0 Å². The largest absolute Gasteiger partial charge is 0.382 e. The minimum Gasteiger partial charge on any atom is -0.382 e. The van der Waals surface area contributed by atoms with Crippen LogP contribution in [0.25, 0.3) is 0 Å². The second-order valence-electron chi connectivity index (χ2n) is 5.01. The van der Waals surface area contributed by atoms with Gasteiger partial charge in [-0.25, -0.2) is 0 Å². The highest BCUT2D eigenvalue weighted by atomic mass is 79.9. The van der Waals surface area contributed by atoms with Gasteiger partial charge in [-0.3, -0.25) is 0 Å². The molecule has 0 bridgehead atoms. The summed E-state index contributed by atoms with van der Waals surface area (Å²) in [7, 11) is 0. The van der Waals surface area contributed by atoms with Crippen molar-refractivity contribution in [3.05, 3.63) is 28.2 Å². The molecule has 88 valence electrons. The van der Waals surface area contributed by atoms with Crippen molar-refractivity contribution in [2.75, 3.05) is 5.32 Å². The van der Waals surface area contributed by atoms with Crippen LogP contribution in [-0.2, 0) is 0 Å². The van der Waals surface area contributed by atoms with Crippen LogP contribution in [-0.4, -0.2) is 6.04 Å². The SMILES string of the molecule is Cc1cccc(NC(C)CC2CCC2)c1Br. The van der Waals surface area contributed by atoms with Gasteiger partial charge in [-0.1, -0.05) is 31.4 Å². The molecule has 0 radical (unpaired) electrons. The van der Waals surface area contributed by atoms with Crippen LogP contribution in [0.4, 0.5) is 5.69 Å². The number of nitrogens with one attached hydrogen (secondary N) is 1. The molecular weight excluding hydrogens is 262 g/mol. The molecule has 0 saturated heterocycles. The summed E-state index contributed by atoms with van der Waals surface area (Å²) >= 11 is 3.64. The Hall–Kier alpha value is -0.500. The van der Waals surface area contributed by atoms with Crippen LogP contribution in [0.3, 0.4) is 0 Å². The van der Waals surface area contributed by atoms with E-state index in [0.29, 0.717) is 6.04 Å². The van der Waals surface area contributed by atoms with Crippen LogP contribution in [0.1, 0.15) is 38.2 Å². The normalized spacial score (nSPS) is 17.9. The Labute approximate surface area is 107 Å². The summed E-state index contributed by atoms with van der Waals surface area (Å²) in [6.07, 6.45) is 5.61. The third-order valence-electron chi connectivity index (χ3n) is 3.51. The number of benzene rings is 1. The molecule has 1 saturated carbocycles. The fourth-order valence-electron chi connectivity index (χ4n) is 2.31. The van der Waals surface area contributed by atoms with Crippen molar-refractivity contribution >= 4 is 21.6 Å². The summed E-state index contributed by atoms with van der Waals surface area (Å²) in [5.41, 5.74) is 2.52. The molecule has 1 aromatic carbocycles. The fourth-order valence-corrected chi connectivity index (χ4v) is 2.69. The van der Waals surface area contributed by atoms with Gasteiger partial charge in [0.2, 0.25) is 0 Å². The number of rotatable bonds is 4. The van der Waals surface area contributed by atoms with Gasteiger partial charge in [-0.05, 0) is 53.7 Å². The molecule has 1 atom stereocenters. The Bertz CT molecular complexity index is 358. The smallest absolute Gasteiger partial charge is 0.0489 e. The highest BCUT2D eigenvalue weighted by Crippen LogP contribution is 2.32. The summed E-state index contributed by atoms with van der Waals surface area (Å²) in [6, 6.07) is 6.96. The predicted octanol–water partition coefficient (Wildman–Crippen LogP) is 4.75. The molecule has 2 rings (SSSR count). The van der Waals surface area contributed by atoms with E-state index in [4.69, 9.17) is 0 Å². The van der Waals surface area contributed by atoms with Crippen LogP contribution in [0, 0.1) is 12.8 Å². The first kappa shape index (κ1) is 12.0. The van der Waals surface area contributed by atoms with Crippen molar-refractivity contribution in [2.45, 2.75) is 45.6 Å². The summed E-state index contributed by atoms with van der Waals surface area (Å²) in [5.74, 6) is 0.964. The number of anilines is 1. The lowest BCUT2D eigenvalue weighted by molar-refractivity contribution is 0.286. The fraction of sp³-hybridized carbons (Fsp3) is 0.571. The van der Waals surface area contributed by atoms with Gasteiger partial charge in [0, 0.05) is 16.2 Å². The highest BCUT2D eigenvalue weighted by molar-refractivity contribution is 9.10. The summed E-state index contributed by atoms with van der Waals surface area (Å²) in [6.45, 7) is 4.42. The third kappa shape index (κ3) is 2.79. The molecule has 1 unspecified atom stereocenters. The van der Waals surface area contributed by atoms with E-state index in [1.165, 1.54) is 41.4 Å². The van der Waals surface area contributed by atoms with E-state index in [1.54, 1.807) is 0 Å². The molecule has 0 aliphatic heterocycles.